The number of anilines is 1. The zero-order valence-electron chi connectivity index (χ0n) is 21.5. The van der Waals surface area contributed by atoms with E-state index in [1.807, 2.05) is 32.0 Å². The van der Waals surface area contributed by atoms with Crippen molar-refractivity contribution in [3.8, 4) is 11.8 Å². The van der Waals surface area contributed by atoms with Crippen LogP contribution in [0.3, 0.4) is 0 Å². The molecule has 8 nitrogen and oxygen atoms in total. The first kappa shape index (κ1) is 26.3. The zero-order chi connectivity index (χ0) is 25.6. The SMILES string of the molecule is C=C(CCC)N1N=C(c2cc(NC3(C#N)CCOC3)ccc2OCC)NC(=O)/C1=C(\C)C(C)CC. The first-order valence-corrected chi connectivity index (χ1v) is 12.4. The van der Waals surface area contributed by atoms with Gasteiger partial charge in [-0.25, -0.2) is 5.01 Å². The van der Waals surface area contributed by atoms with Crippen molar-refractivity contribution >= 4 is 17.4 Å². The second kappa shape index (κ2) is 11.4. The summed E-state index contributed by atoms with van der Waals surface area (Å²) in [7, 11) is 0. The Bertz CT molecular complexity index is 1060. The molecule has 1 aromatic carbocycles. The number of amidine groups is 1. The highest BCUT2D eigenvalue weighted by Crippen LogP contribution is 2.32. The van der Waals surface area contributed by atoms with Crippen molar-refractivity contribution in [3.63, 3.8) is 0 Å². The van der Waals surface area contributed by atoms with Gasteiger partial charge in [-0.2, -0.15) is 5.26 Å². The molecule has 1 saturated heterocycles. The number of nitriles is 1. The summed E-state index contributed by atoms with van der Waals surface area (Å²) in [6.07, 6.45) is 3.11. The van der Waals surface area contributed by atoms with Crippen LogP contribution in [0.5, 0.6) is 5.75 Å². The Morgan fingerprint density at radius 1 is 1.43 bits per heavy atom. The van der Waals surface area contributed by atoms with E-state index in [1.54, 1.807) is 5.01 Å². The highest BCUT2D eigenvalue weighted by Gasteiger charge is 2.36. The highest BCUT2D eigenvalue weighted by atomic mass is 16.5. The van der Waals surface area contributed by atoms with E-state index in [-0.39, 0.29) is 11.8 Å². The molecule has 2 aliphatic rings. The number of rotatable bonds is 10. The molecule has 2 atom stereocenters. The van der Waals surface area contributed by atoms with Gasteiger partial charge < -0.3 is 20.1 Å². The molecule has 1 fully saturated rings. The first-order chi connectivity index (χ1) is 16.8. The summed E-state index contributed by atoms with van der Waals surface area (Å²) in [5, 5.41) is 22.6. The van der Waals surface area contributed by atoms with Crippen LogP contribution < -0.4 is 15.4 Å². The highest BCUT2D eigenvalue weighted by molar-refractivity contribution is 6.15. The summed E-state index contributed by atoms with van der Waals surface area (Å²) in [5.41, 5.74) is 2.84. The Kier molecular flexibility index (Phi) is 8.57. The average molecular weight is 480 g/mol. The van der Waals surface area contributed by atoms with Crippen LogP contribution in [0.25, 0.3) is 0 Å². The smallest absolute Gasteiger partial charge is 0.275 e. The van der Waals surface area contributed by atoms with Crippen molar-refractivity contribution in [1.82, 2.24) is 10.3 Å². The maximum Gasteiger partial charge on any atom is 0.275 e. The number of nitrogens with one attached hydrogen (secondary N) is 2. The fraction of sp³-hybridized carbons (Fsp3) is 0.519. The van der Waals surface area contributed by atoms with Crippen molar-refractivity contribution in [2.45, 2.75) is 65.8 Å². The van der Waals surface area contributed by atoms with E-state index < -0.39 is 5.54 Å². The molecule has 2 heterocycles. The summed E-state index contributed by atoms with van der Waals surface area (Å²) >= 11 is 0. The number of carbonyl (C=O) groups excluding carboxylic acids is 1. The number of hydrogen-bond donors (Lipinski definition) is 2. The number of nitrogens with zero attached hydrogens (tertiary/aromatic N) is 3. The fourth-order valence-corrected chi connectivity index (χ4v) is 4.20. The largest absolute Gasteiger partial charge is 0.493 e. The quantitative estimate of drug-likeness (QED) is 0.463. The van der Waals surface area contributed by atoms with Gasteiger partial charge in [0.2, 0.25) is 0 Å². The third kappa shape index (κ3) is 5.68. The van der Waals surface area contributed by atoms with Gasteiger partial charge in [-0.1, -0.05) is 33.8 Å². The van der Waals surface area contributed by atoms with Gasteiger partial charge in [0.25, 0.3) is 5.91 Å². The lowest BCUT2D eigenvalue weighted by Crippen LogP contribution is -2.44. The van der Waals surface area contributed by atoms with E-state index in [9.17, 15) is 10.1 Å². The van der Waals surface area contributed by atoms with E-state index in [4.69, 9.17) is 14.6 Å². The third-order valence-corrected chi connectivity index (χ3v) is 6.58. The van der Waals surface area contributed by atoms with Crippen LogP contribution in [0.2, 0.25) is 0 Å². The number of amides is 1. The zero-order valence-corrected chi connectivity index (χ0v) is 21.5. The molecule has 0 aromatic heterocycles. The van der Waals surface area contributed by atoms with E-state index in [2.05, 4.69) is 44.1 Å². The van der Waals surface area contributed by atoms with E-state index in [0.717, 1.165) is 29.8 Å². The topological polar surface area (TPSA) is 99.0 Å². The van der Waals surface area contributed by atoms with Crippen molar-refractivity contribution in [3.05, 3.63) is 47.3 Å². The lowest BCUT2D eigenvalue weighted by atomic mass is 9.96. The van der Waals surface area contributed by atoms with Gasteiger partial charge in [0.15, 0.2) is 11.4 Å². The second-order valence-corrected chi connectivity index (χ2v) is 9.14. The Labute approximate surface area is 208 Å². The number of benzene rings is 1. The van der Waals surface area contributed by atoms with Crippen LogP contribution in [0.4, 0.5) is 5.69 Å². The van der Waals surface area contributed by atoms with Gasteiger partial charge in [-0.3, -0.25) is 4.79 Å². The van der Waals surface area contributed by atoms with Gasteiger partial charge >= 0.3 is 0 Å². The molecular weight excluding hydrogens is 442 g/mol. The normalized spacial score (nSPS) is 22.1. The molecule has 2 aliphatic heterocycles. The van der Waals surface area contributed by atoms with Gasteiger partial charge in [-0.15, -0.1) is 5.10 Å². The lowest BCUT2D eigenvalue weighted by Gasteiger charge is -2.32. The first-order valence-electron chi connectivity index (χ1n) is 12.4. The summed E-state index contributed by atoms with van der Waals surface area (Å²) in [5.74, 6) is 0.988. The number of carbonyl (C=O) groups is 1. The number of hydrogen-bond acceptors (Lipinski definition) is 7. The summed E-state index contributed by atoms with van der Waals surface area (Å²) in [6.45, 7) is 15.7. The van der Waals surface area contributed by atoms with Crippen LogP contribution in [-0.2, 0) is 9.53 Å². The summed E-state index contributed by atoms with van der Waals surface area (Å²) in [4.78, 5) is 13.4. The molecule has 188 valence electrons. The molecule has 3 rings (SSSR count). The molecule has 0 saturated carbocycles. The lowest BCUT2D eigenvalue weighted by molar-refractivity contribution is -0.118. The number of allylic oxidation sites excluding steroid dienone is 2. The molecule has 8 heteroatoms. The molecule has 2 unspecified atom stereocenters. The van der Waals surface area contributed by atoms with Crippen molar-refractivity contribution in [2.75, 3.05) is 25.1 Å². The van der Waals surface area contributed by atoms with Crippen LogP contribution in [0.1, 0.15) is 65.9 Å². The van der Waals surface area contributed by atoms with Crippen molar-refractivity contribution < 1.29 is 14.3 Å². The molecule has 0 radical (unpaired) electrons. The molecule has 1 aromatic rings. The maximum atomic E-state index is 13.4. The van der Waals surface area contributed by atoms with Crippen LogP contribution in [0.15, 0.2) is 46.8 Å². The number of hydrazone groups is 1. The molecule has 35 heavy (non-hydrogen) atoms. The molecule has 0 aliphatic carbocycles. The summed E-state index contributed by atoms with van der Waals surface area (Å²) < 4.78 is 11.3. The molecule has 0 spiro atoms. The monoisotopic (exact) mass is 479 g/mol. The third-order valence-electron chi connectivity index (χ3n) is 6.58. The Morgan fingerprint density at radius 2 is 2.20 bits per heavy atom. The fourth-order valence-electron chi connectivity index (χ4n) is 4.20. The summed E-state index contributed by atoms with van der Waals surface area (Å²) in [6, 6.07) is 7.90. The Morgan fingerprint density at radius 3 is 2.80 bits per heavy atom. The average Bonchev–Trinajstić information content (AvgIpc) is 3.32. The van der Waals surface area contributed by atoms with Crippen LogP contribution in [-0.4, -0.2) is 42.1 Å². The minimum atomic E-state index is -0.785. The van der Waals surface area contributed by atoms with Gasteiger partial charge in [0, 0.05) is 17.8 Å². The van der Waals surface area contributed by atoms with E-state index in [0.29, 0.717) is 55.5 Å². The second-order valence-electron chi connectivity index (χ2n) is 9.14. The van der Waals surface area contributed by atoms with Gasteiger partial charge in [0.05, 0.1) is 31.5 Å². The van der Waals surface area contributed by atoms with E-state index >= 15 is 0 Å². The van der Waals surface area contributed by atoms with Crippen LogP contribution >= 0.6 is 0 Å². The molecule has 2 N–H and O–H groups in total. The van der Waals surface area contributed by atoms with Gasteiger partial charge in [-0.05, 0) is 56.4 Å². The minimum absolute atomic E-state index is 0.219. The predicted molar refractivity (Wildman–Crippen MR) is 138 cm³/mol. The predicted octanol–water partition coefficient (Wildman–Crippen LogP) is 4.91. The number of ether oxygens (including phenoxy) is 2. The molecule has 1 amide bonds. The van der Waals surface area contributed by atoms with Gasteiger partial charge in [0.1, 0.15) is 11.4 Å². The van der Waals surface area contributed by atoms with E-state index in [1.165, 1.54) is 0 Å². The van der Waals surface area contributed by atoms with Crippen molar-refractivity contribution in [1.29, 1.82) is 5.26 Å². The molecular formula is C27H37N5O3. The van der Waals surface area contributed by atoms with Crippen LogP contribution in [0, 0.1) is 17.2 Å². The molecule has 0 bridgehead atoms. The van der Waals surface area contributed by atoms with Crippen molar-refractivity contribution in [2.24, 2.45) is 11.0 Å². The maximum absolute atomic E-state index is 13.4. The Balaban J connectivity index is 2.10. The standard InChI is InChI=1S/C27H37N5O3/c1-7-10-19(5)32-24(20(6)18(4)8-2)26(33)29-25(31-32)22-15-21(11-12-23(22)35-9-3)30-27(16-28)13-14-34-17-27/h11-12,15,18,30H,5,7-10,13-14,17H2,1-4,6H3,(H,29,31,33)/b24-20-. The minimum Gasteiger partial charge on any atom is -0.493 e. The Hall–Kier alpha value is -3.31.